The van der Waals surface area contributed by atoms with Gasteiger partial charge in [0, 0.05) is 35.6 Å². The van der Waals surface area contributed by atoms with Gasteiger partial charge in [0.15, 0.2) is 5.84 Å². The molecule has 0 aliphatic rings. The highest BCUT2D eigenvalue weighted by atomic mass is 35.5. The topological polar surface area (TPSA) is 61.8 Å². The normalized spacial score (nSPS) is 11.6. The zero-order valence-corrected chi connectivity index (χ0v) is 11.4. The van der Waals surface area contributed by atoms with E-state index in [4.69, 9.17) is 22.5 Å². The van der Waals surface area contributed by atoms with Gasteiger partial charge >= 0.3 is 0 Å². The first-order valence-corrected chi connectivity index (χ1v) is 6.85. The number of halogens is 1. The number of benzene rings is 1. The third-order valence-electron chi connectivity index (χ3n) is 2.38. The van der Waals surface area contributed by atoms with Gasteiger partial charge in [-0.05, 0) is 24.5 Å². The summed E-state index contributed by atoms with van der Waals surface area (Å²) in [6.45, 7) is 0.883. The first kappa shape index (κ1) is 14.0. The van der Waals surface area contributed by atoms with Crippen molar-refractivity contribution < 1.29 is 5.21 Å². The zero-order valence-electron chi connectivity index (χ0n) is 9.85. The molecule has 0 unspecified atom stereocenters. The predicted molar refractivity (Wildman–Crippen MR) is 75.6 cm³/mol. The minimum atomic E-state index is 0.0681. The van der Waals surface area contributed by atoms with Gasteiger partial charge in [-0.2, -0.15) is 11.8 Å². The molecule has 0 aliphatic heterocycles. The van der Waals surface area contributed by atoms with Crippen LogP contribution in [0.15, 0.2) is 23.4 Å². The van der Waals surface area contributed by atoms with Crippen LogP contribution in [0.4, 0.5) is 5.69 Å². The lowest BCUT2D eigenvalue weighted by molar-refractivity contribution is 0.318. The van der Waals surface area contributed by atoms with Gasteiger partial charge in [0.05, 0.1) is 0 Å². The number of nitrogens with zero attached hydrogens (tertiary/aromatic N) is 2. The quantitative estimate of drug-likeness (QED) is 0.374. The van der Waals surface area contributed by atoms with Crippen LogP contribution >= 0.6 is 23.4 Å². The van der Waals surface area contributed by atoms with Gasteiger partial charge in [-0.25, -0.2) is 0 Å². The van der Waals surface area contributed by atoms with Crippen LogP contribution in [0.3, 0.4) is 0 Å². The third kappa shape index (κ3) is 3.71. The zero-order chi connectivity index (χ0) is 12.8. The molecule has 0 fully saturated rings. The maximum atomic E-state index is 8.76. The molecule has 0 heterocycles. The van der Waals surface area contributed by atoms with Crippen molar-refractivity contribution in [3.63, 3.8) is 0 Å². The largest absolute Gasteiger partial charge is 0.409 e. The Bertz CT molecular complexity index is 412. The Labute approximate surface area is 110 Å². The second kappa shape index (κ2) is 6.61. The van der Waals surface area contributed by atoms with Crippen LogP contribution in [-0.2, 0) is 0 Å². The van der Waals surface area contributed by atoms with E-state index in [-0.39, 0.29) is 5.84 Å². The average Bonchev–Trinajstić information content (AvgIpc) is 2.34. The van der Waals surface area contributed by atoms with Crippen LogP contribution in [0.5, 0.6) is 0 Å². The van der Waals surface area contributed by atoms with E-state index >= 15 is 0 Å². The van der Waals surface area contributed by atoms with Crippen LogP contribution in [-0.4, -0.2) is 36.6 Å². The predicted octanol–water partition coefficient (Wildman–Crippen LogP) is 2.23. The Morgan fingerprint density at radius 3 is 2.88 bits per heavy atom. The standard InChI is InChI=1S/C11H16ClN3OS/c1-15(5-6-17-2)10-4-3-8(12)7-9(10)11(13)14-16/h3-4,7,16H,5-6H2,1-2H3,(H2,13,14). The van der Waals surface area contributed by atoms with Crippen molar-refractivity contribution in [3.05, 3.63) is 28.8 Å². The second-order valence-electron chi connectivity index (χ2n) is 3.56. The number of oxime groups is 1. The molecule has 1 aromatic rings. The molecule has 0 saturated heterocycles. The minimum Gasteiger partial charge on any atom is -0.409 e. The van der Waals surface area contributed by atoms with E-state index in [1.54, 1.807) is 23.9 Å². The molecule has 1 aromatic carbocycles. The summed E-state index contributed by atoms with van der Waals surface area (Å²) < 4.78 is 0. The van der Waals surface area contributed by atoms with E-state index in [1.807, 2.05) is 13.1 Å². The van der Waals surface area contributed by atoms with Gasteiger partial charge in [0.25, 0.3) is 0 Å². The maximum absolute atomic E-state index is 8.76. The van der Waals surface area contributed by atoms with Gasteiger partial charge in [0.2, 0.25) is 0 Å². The lowest BCUT2D eigenvalue weighted by Gasteiger charge is -2.21. The van der Waals surface area contributed by atoms with Crippen molar-refractivity contribution in [1.29, 1.82) is 0 Å². The highest BCUT2D eigenvalue weighted by Gasteiger charge is 2.11. The number of amidine groups is 1. The van der Waals surface area contributed by atoms with Crippen LogP contribution in [0, 0.1) is 0 Å². The summed E-state index contributed by atoms with van der Waals surface area (Å²) in [6, 6.07) is 5.36. The summed E-state index contributed by atoms with van der Waals surface area (Å²) in [4.78, 5) is 2.06. The van der Waals surface area contributed by atoms with Crippen molar-refractivity contribution in [1.82, 2.24) is 0 Å². The van der Waals surface area contributed by atoms with Crippen molar-refractivity contribution in [2.75, 3.05) is 30.5 Å². The van der Waals surface area contributed by atoms with Crippen molar-refractivity contribution >= 4 is 34.9 Å². The molecule has 4 nitrogen and oxygen atoms in total. The van der Waals surface area contributed by atoms with E-state index in [2.05, 4.69) is 16.3 Å². The van der Waals surface area contributed by atoms with E-state index in [9.17, 15) is 0 Å². The molecule has 3 N–H and O–H groups in total. The van der Waals surface area contributed by atoms with Crippen molar-refractivity contribution in [2.24, 2.45) is 10.9 Å². The van der Waals surface area contributed by atoms with Gasteiger partial charge in [0.1, 0.15) is 0 Å². The smallest absolute Gasteiger partial charge is 0.172 e. The number of anilines is 1. The van der Waals surface area contributed by atoms with E-state index in [0.29, 0.717) is 10.6 Å². The monoisotopic (exact) mass is 273 g/mol. The fraction of sp³-hybridized carbons (Fsp3) is 0.364. The molecule has 0 saturated carbocycles. The summed E-state index contributed by atoms with van der Waals surface area (Å²) >= 11 is 7.68. The Hall–Kier alpha value is -1.07. The molecule has 6 heteroatoms. The summed E-state index contributed by atoms with van der Waals surface area (Å²) in [6.07, 6.45) is 2.06. The molecule has 1 rings (SSSR count). The molecule has 0 radical (unpaired) electrons. The first-order chi connectivity index (χ1) is 8.10. The number of hydrogen-bond acceptors (Lipinski definition) is 4. The number of thioether (sulfide) groups is 1. The fourth-order valence-corrected chi connectivity index (χ4v) is 2.08. The van der Waals surface area contributed by atoms with E-state index < -0.39 is 0 Å². The van der Waals surface area contributed by atoms with Crippen LogP contribution < -0.4 is 10.6 Å². The summed E-state index contributed by atoms with van der Waals surface area (Å²) in [5.41, 5.74) is 7.18. The molecular weight excluding hydrogens is 258 g/mol. The minimum absolute atomic E-state index is 0.0681. The molecule has 0 amide bonds. The van der Waals surface area contributed by atoms with Gasteiger partial charge in [-0.15, -0.1) is 0 Å². The Morgan fingerprint density at radius 1 is 1.59 bits per heavy atom. The highest BCUT2D eigenvalue weighted by molar-refractivity contribution is 7.98. The summed E-state index contributed by atoms with van der Waals surface area (Å²) in [7, 11) is 1.97. The van der Waals surface area contributed by atoms with Gasteiger partial charge < -0.3 is 15.8 Å². The maximum Gasteiger partial charge on any atom is 0.172 e. The third-order valence-corrected chi connectivity index (χ3v) is 3.21. The second-order valence-corrected chi connectivity index (χ2v) is 4.98. The highest BCUT2D eigenvalue weighted by Crippen LogP contribution is 2.23. The van der Waals surface area contributed by atoms with Crippen LogP contribution in [0.1, 0.15) is 5.56 Å². The SMILES string of the molecule is CSCCN(C)c1ccc(Cl)cc1/C(N)=N/O. The van der Waals surface area contributed by atoms with E-state index in [0.717, 1.165) is 18.0 Å². The van der Waals surface area contributed by atoms with Gasteiger partial charge in [-0.3, -0.25) is 0 Å². The molecule has 0 spiro atoms. The number of nitrogens with two attached hydrogens (primary N) is 1. The molecule has 94 valence electrons. The number of hydrogen-bond donors (Lipinski definition) is 2. The Morgan fingerprint density at radius 2 is 2.29 bits per heavy atom. The van der Waals surface area contributed by atoms with E-state index in [1.165, 1.54) is 0 Å². The summed E-state index contributed by atoms with van der Waals surface area (Å²) in [5.74, 6) is 1.08. The Balaban J connectivity index is 3.05. The molecule has 0 atom stereocenters. The fourth-order valence-electron chi connectivity index (χ4n) is 1.45. The van der Waals surface area contributed by atoms with Crippen LogP contribution in [0.25, 0.3) is 0 Å². The molecule has 0 bridgehead atoms. The molecule has 0 aromatic heterocycles. The summed E-state index contributed by atoms with van der Waals surface area (Å²) in [5, 5.41) is 12.3. The Kier molecular flexibility index (Phi) is 5.44. The average molecular weight is 274 g/mol. The number of rotatable bonds is 5. The molecule has 17 heavy (non-hydrogen) atoms. The molecule has 0 aliphatic carbocycles. The van der Waals surface area contributed by atoms with Gasteiger partial charge in [-0.1, -0.05) is 16.8 Å². The van der Waals surface area contributed by atoms with Crippen LogP contribution in [0.2, 0.25) is 5.02 Å². The molecular formula is C11H16ClN3OS. The van der Waals surface area contributed by atoms with Crippen molar-refractivity contribution in [3.8, 4) is 0 Å². The lowest BCUT2D eigenvalue weighted by Crippen LogP contribution is -2.24. The lowest BCUT2D eigenvalue weighted by atomic mass is 10.1. The first-order valence-electron chi connectivity index (χ1n) is 5.07. The van der Waals surface area contributed by atoms with Crippen molar-refractivity contribution in [2.45, 2.75) is 0 Å².